The molecule has 6 nitrogen and oxygen atoms in total. The Balaban J connectivity index is 0.000000557. The summed E-state index contributed by atoms with van der Waals surface area (Å²) in [4.78, 5) is 12.8. The van der Waals surface area contributed by atoms with Crippen molar-refractivity contribution in [1.82, 2.24) is 4.90 Å². The van der Waals surface area contributed by atoms with Gasteiger partial charge in [-0.05, 0) is 33.3 Å². The summed E-state index contributed by atoms with van der Waals surface area (Å²) in [6.45, 7) is 0. The molecule has 0 heterocycles. The molecule has 0 amide bonds. The van der Waals surface area contributed by atoms with Crippen LogP contribution in [0.4, 0.5) is 0 Å². The number of carbonyl (C=O) groups excluding carboxylic acids is 1. The zero-order chi connectivity index (χ0) is 13.6. The minimum absolute atomic E-state index is 0.164. The van der Waals surface area contributed by atoms with E-state index in [-0.39, 0.29) is 5.56 Å². The van der Waals surface area contributed by atoms with E-state index in [1.165, 1.54) is 0 Å². The van der Waals surface area contributed by atoms with Crippen LogP contribution in [-0.4, -0.2) is 47.3 Å². The normalized spacial score (nSPS) is 9.47. The fourth-order valence-electron chi connectivity index (χ4n) is 0.767. The smallest absolute Gasteiger partial charge is 0.356 e. The van der Waals surface area contributed by atoms with Crippen LogP contribution in [0, 0.1) is 0 Å². The fourth-order valence-corrected chi connectivity index (χ4v) is 0.856. The Bertz CT molecular complexity index is 369. The highest BCUT2D eigenvalue weighted by Crippen LogP contribution is 2.35. The number of nitrogens with zero attached hydrogens (tertiary/aromatic N) is 1. The summed E-state index contributed by atoms with van der Waals surface area (Å²) in [6, 6.07) is 1.83. The lowest BCUT2D eigenvalue weighted by molar-refractivity contribution is 0.0750. The molecular formula is C10H14ClNO5. The standard InChI is InChI=1S/C7H5ClO5.C3H9N/c8-13-7(12)3-1-4(9)6(11)5(10)2-3;1-4(2)3/h1-2,9-11H;1-3H3. The molecule has 0 aromatic heterocycles. The van der Waals surface area contributed by atoms with Crippen LogP contribution in [0.2, 0.25) is 0 Å². The van der Waals surface area contributed by atoms with Crippen molar-refractivity contribution in [2.75, 3.05) is 21.1 Å². The van der Waals surface area contributed by atoms with Crippen molar-refractivity contribution in [3.05, 3.63) is 17.7 Å². The van der Waals surface area contributed by atoms with Crippen molar-refractivity contribution >= 4 is 17.8 Å². The second-order valence-electron chi connectivity index (χ2n) is 3.57. The summed E-state index contributed by atoms with van der Waals surface area (Å²) in [5.41, 5.74) is -0.164. The van der Waals surface area contributed by atoms with Crippen molar-refractivity contribution in [2.45, 2.75) is 0 Å². The first-order chi connectivity index (χ1) is 7.79. The molecule has 0 atom stereocenters. The number of hydrogen-bond acceptors (Lipinski definition) is 6. The van der Waals surface area contributed by atoms with E-state index in [2.05, 4.69) is 4.29 Å². The van der Waals surface area contributed by atoms with Crippen LogP contribution < -0.4 is 0 Å². The molecule has 0 aliphatic heterocycles. The van der Waals surface area contributed by atoms with Gasteiger partial charge in [-0.25, -0.2) is 4.79 Å². The van der Waals surface area contributed by atoms with Crippen molar-refractivity contribution in [3.8, 4) is 17.2 Å². The summed E-state index contributed by atoms with van der Waals surface area (Å²) in [5, 5.41) is 26.8. The Morgan fingerprint density at radius 3 is 1.82 bits per heavy atom. The molecule has 17 heavy (non-hydrogen) atoms. The van der Waals surface area contributed by atoms with E-state index in [1.54, 1.807) is 0 Å². The van der Waals surface area contributed by atoms with Crippen molar-refractivity contribution in [1.29, 1.82) is 0 Å². The summed E-state index contributed by atoms with van der Waals surface area (Å²) in [6.07, 6.45) is 0. The lowest BCUT2D eigenvalue weighted by Crippen LogP contribution is -1.99. The monoisotopic (exact) mass is 263 g/mol. The van der Waals surface area contributed by atoms with Crippen LogP contribution in [0.5, 0.6) is 17.2 Å². The summed E-state index contributed by atoms with van der Waals surface area (Å²) >= 11 is 4.76. The molecule has 0 aliphatic carbocycles. The number of hydrogen-bond donors (Lipinski definition) is 3. The molecule has 3 N–H and O–H groups in total. The van der Waals surface area contributed by atoms with Crippen LogP contribution in [0.25, 0.3) is 0 Å². The van der Waals surface area contributed by atoms with Gasteiger partial charge in [-0.1, -0.05) is 0 Å². The van der Waals surface area contributed by atoms with Crippen molar-refractivity contribution in [2.24, 2.45) is 0 Å². The molecule has 0 spiro atoms. The second-order valence-corrected chi connectivity index (χ2v) is 3.72. The lowest BCUT2D eigenvalue weighted by atomic mass is 10.2. The van der Waals surface area contributed by atoms with Gasteiger partial charge in [0.2, 0.25) is 0 Å². The molecule has 0 fully saturated rings. The molecule has 0 bridgehead atoms. The predicted octanol–water partition coefficient (Wildman–Crippen LogP) is 1.29. The number of halogens is 1. The quantitative estimate of drug-likeness (QED) is 0.662. The highest BCUT2D eigenvalue weighted by molar-refractivity contribution is 6.15. The van der Waals surface area contributed by atoms with E-state index in [1.807, 2.05) is 26.0 Å². The molecule has 0 saturated carbocycles. The zero-order valence-corrected chi connectivity index (χ0v) is 10.4. The molecule has 0 aliphatic rings. The van der Waals surface area contributed by atoms with Gasteiger partial charge in [0.1, 0.15) is 11.9 Å². The number of aromatic hydroxyl groups is 3. The van der Waals surface area contributed by atoms with Crippen LogP contribution in [0.15, 0.2) is 12.1 Å². The zero-order valence-electron chi connectivity index (χ0n) is 9.64. The van der Waals surface area contributed by atoms with Gasteiger partial charge in [0.15, 0.2) is 17.2 Å². The van der Waals surface area contributed by atoms with E-state index in [4.69, 9.17) is 27.2 Å². The first kappa shape index (κ1) is 15.3. The number of phenols is 3. The Hall–Kier alpha value is -1.66. The Kier molecular flexibility index (Phi) is 6.16. The van der Waals surface area contributed by atoms with Gasteiger partial charge in [0.05, 0.1) is 5.56 Å². The summed E-state index contributed by atoms with van der Waals surface area (Å²) in [5.74, 6) is -2.90. The van der Waals surface area contributed by atoms with E-state index in [0.717, 1.165) is 12.1 Å². The third kappa shape index (κ3) is 5.28. The molecule has 0 saturated heterocycles. The third-order valence-electron chi connectivity index (χ3n) is 1.38. The van der Waals surface area contributed by atoms with Gasteiger partial charge >= 0.3 is 5.97 Å². The van der Waals surface area contributed by atoms with Crippen LogP contribution in [-0.2, 0) is 4.29 Å². The van der Waals surface area contributed by atoms with E-state index in [9.17, 15) is 4.79 Å². The number of rotatable bonds is 1. The Morgan fingerprint density at radius 1 is 1.18 bits per heavy atom. The Morgan fingerprint density at radius 2 is 1.53 bits per heavy atom. The average Bonchev–Trinajstić information content (AvgIpc) is 2.23. The maximum absolute atomic E-state index is 10.8. The fraction of sp³-hybridized carbons (Fsp3) is 0.300. The summed E-state index contributed by atoms with van der Waals surface area (Å²) < 4.78 is 3.82. The van der Waals surface area contributed by atoms with Gasteiger partial charge in [-0.3, -0.25) is 0 Å². The number of phenolic OH excluding ortho intramolecular Hbond substituents is 3. The minimum Gasteiger partial charge on any atom is -0.504 e. The highest BCUT2D eigenvalue weighted by Gasteiger charge is 2.13. The molecule has 1 aromatic carbocycles. The van der Waals surface area contributed by atoms with E-state index in [0.29, 0.717) is 0 Å². The van der Waals surface area contributed by atoms with Gasteiger partial charge < -0.3 is 24.5 Å². The maximum Gasteiger partial charge on any atom is 0.356 e. The number of benzene rings is 1. The average molecular weight is 264 g/mol. The SMILES string of the molecule is CN(C)C.O=C(OCl)c1cc(O)c(O)c(O)c1. The summed E-state index contributed by atoms with van der Waals surface area (Å²) in [7, 11) is 6.00. The van der Waals surface area contributed by atoms with Gasteiger partial charge in [0, 0.05) is 0 Å². The van der Waals surface area contributed by atoms with Crippen LogP contribution >= 0.6 is 11.9 Å². The third-order valence-corrected chi connectivity index (χ3v) is 1.52. The molecule has 96 valence electrons. The van der Waals surface area contributed by atoms with Crippen LogP contribution in [0.1, 0.15) is 10.4 Å². The van der Waals surface area contributed by atoms with Crippen molar-refractivity contribution < 1.29 is 24.4 Å². The number of carbonyl (C=O) groups is 1. The first-order valence-corrected chi connectivity index (χ1v) is 4.79. The molecule has 1 rings (SSSR count). The van der Waals surface area contributed by atoms with Gasteiger partial charge in [-0.15, -0.1) is 0 Å². The predicted molar refractivity (Wildman–Crippen MR) is 62.3 cm³/mol. The van der Waals surface area contributed by atoms with E-state index < -0.39 is 23.2 Å². The Labute approximate surface area is 104 Å². The van der Waals surface area contributed by atoms with Crippen molar-refractivity contribution in [3.63, 3.8) is 0 Å². The molecule has 7 heteroatoms. The lowest BCUT2D eigenvalue weighted by Gasteiger charge is -2.02. The largest absolute Gasteiger partial charge is 0.504 e. The van der Waals surface area contributed by atoms with Gasteiger partial charge in [-0.2, -0.15) is 0 Å². The second kappa shape index (κ2) is 6.82. The topological polar surface area (TPSA) is 90.2 Å². The van der Waals surface area contributed by atoms with E-state index >= 15 is 0 Å². The van der Waals surface area contributed by atoms with Crippen LogP contribution in [0.3, 0.4) is 0 Å². The molecular weight excluding hydrogens is 250 g/mol. The molecule has 0 unspecified atom stereocenters. The minimum atomic E-state index is -0.938. The maximum atomic E-state index is 10.8. The molecule has 0 radical (unpaired) electrons. The highest BCUT2D eigenvalue weighted by atomic mass is 35.5. The first-order valence-electron chi connectivity index (χ1n) is 4.48. The molecule has 1 aromatic rings. The van der Waals surface area contributed by atoms with Gasteiger partial charge in [0.25, 0.3) is 0 Å².